The van der Waals surface area contributed by atoms with Gasteiger partial charge in [0.25, 0.3) is 0 Å². The van der Waals surface area contributed by atoms with Crippen LogP contribution in [0, 0.1) is 10.8 Å². The van der Waals surface area contributed by atoms with Gasteiger partial charge in [-0.05, 0) is 41.5 Å². The summed E-state index contributed by atoms with van der Waals surface area (Å²) in [6.45, 7) is 11.0. The highest BCUT2D eigenvalue weighted by Crippen LogP contribution is 2.24. The van der Waals surface area contributed by atoms with E-state index >= 15 is 0 Å². The van der Waals surface area contributed by atoms with Crippen molar-refractivity contribution in [2.75, 3.05) is 26.4 Å². The highest BCUT2D eigenvalue weighted by atomic mass is 16.5. The molecule has 2 aromatic rings. The number of hydrogen-bond acceptors (Lipinski definition) is 4. The van der Waals surface area contributed by atoms with E-state index in [4.69, 9.17) is 9.47 Å². The third kappa shape index (κ3) is 9.58. The summed E-state index contributed by atoms with van der Waals surface area (Å²) >= 11 is 0. The zero-order chi connectivity index (χ0) is 24.2. The molecule has 0 spiro atoms. The van der Waals surface area contributed by atoms with Crippen molar-refractivity contribution >= 4 is 0 Å². The standard InChI is InChI=1S/C29H44O4/c1-5-15-28(3,20-30)22-32-18-26-11-7-24(8-12-26)17-25-9-13-27(14-10-25)19-33-23-29(4,21-31)16-6-2/h7-14,30-31H,5-6,15-23H2,1-4H3. The minimum Gasteiger partial charge on any atom is -0.396 e. The number of hydrogen-bond donors (Lipinski definition) is 2. The molecule has 0 bridgehead atoms. The molecule has 0 fully saturated rings. The fourth-order valence-corrected chi connectivity index (χ4v) is 4.17. The van der Waals surface area contributed by atoms with Gasteiger partial charge in [-0.3, -0.25) is 0 Å². The van der Waals surface area contributed by atoms with E-state index in [1.165, 1.54) is 11.1 Å². The lowest BCUT2D eigenvalue weighted by Gasteiger charge is -2.26. The van der Waals surface area contributed by atoms with E-state index in [0.717, 1.165) is 43.2 Å². The first-order valence-electron chi connectivity index (χ1n) is 12.4. The van der Waals surface area contributed by atoms with E-state index in [2.05, 4.69) is 76.2 Å². The Balaban J connectivity index is 1.79. The maximum absolute atomic E-state index is 9.62. The molecule has 33 heavy (non-hydrogen) atoms. The molecule has 2 N–H and O–H groups in total. The van der Waals surface area contributed by atoms with Gasteiger partial charge in [-0.15, -0.1) is 0 Å². The van der Waals surface area contributed by atoms with Gasteiger partial charge in [0.05, 0.1) is 39.6 Å². The number of aliphatic hydroxyl groups excluding tert-OH is 2. The number of aliphatic hydroxyl groups is 2. The molecule has 4 nitrogen and oxygen atoms in total. The number of ether oxygens (including phenoxy) is 2. The van der Waals surface area contributed by atoms with Crippen LogP contribution in [-0.4, -0.2) is 36.6 Å². The Hall–Kier alpha value is -1.72. The third-order valence-corrected chi connectivity index (χ3v) is 6.36. The van der Waals surface area contributed by atoms with Crippen LogP contribution < -0.4 is 0 Å². The smallest absolute Gasteiger partial charge is 0.0717 e. The fraction of sp³-hybridized carbons (Fsp3) is 0.586. The summed E-state index contributed by atoms with van der Waals surface area (Å²) in [7, 11) is 0. The third-order valence-electron chi connectivity index (χ3n) is 6.36. The molecule has 0 aliphatic rings. The van der Waals surface area contributed by atoms with Crippen LogP contribution >= 0.6 is 0 Å². The largest absolute Gasteiger partial charge is 0.396 e. The molecule has 0 aliphatic carbocycles. The zero-order valence-electron chi connectivity index (χ0n) is 21.1. The molecule has 2 rings (SSSR count). The van der Waals surface area contributed by atoms with Crippen LogP contribution in [0.15, 0.2) is 48.5 Å². The van der Waals surface area contributed by atoms with Crippen molar-refractivity contribution in [3.8, 4) is 0 Å². The first-order valence-corrected chi connectivity index (χ1v) is 12.4. The second kappa shape index (κ2) is 13.9. The minimum absolute atomic E-state index is 0.153. The Labute approximate surface area is 201 Å². The quantitative estimate of drug-likeness (QED) is 0.330. The van der Waals surface area contributed by atoms with Crippen molar-refractivity contribution < 1.29 is 19.7 Å². The minimum atomic E-state index is -0.153. The van der Waals surface area contributed by atoms with Crippen molar-refractivity contribution in [2.45, 2.75) is 73.0 Å². The topological polar surface area (TPSA) is 58.9 Å². The zero-order valence-corrected chi connectivity index (χ0v) is 21.1. The van der Waals surface area contributed by atoms with E-state index < -0.39 is 0 Å². The second-order valence-electron chi connectivity index (χ2n) is 10.2. The van der Waals surface area contributed by atoms with Gasteiger partial charge in [0, 0.05) is 10.8 Å². The summed E-state index contributed by atoms with van der Waals surface area (Å²) in [6.07, 6.45) is 4.92. The second-order valence-corrected chi connectivity index (χ2v) is 10.2. The molecular weight excluding hydrogens is 412 g/mol. The molecule has 4 heteroatoms. The first-order chi connectivity index (χ1) is 15.8. The van der Waals surface area contributed by atoms with E-state index in [9.17, 15) is 10.2 Å². The lowest BCUT2D eigenvalue weighted by Crippen LogP contribution is -2.27. The molecule has 0 saturated heterocycles. The fourth-order valence-electron chi connectivity index (χ4n) is 4.17. The van der Waals surface area contributed by atoms with Crippen LogP contribution in [0.25, 0.3) is 0 Å². The first kappa shape index (κ1) is 27.5. The Morgan fingerprint density at radius 3 is 1.24 bits per heavy atom. The average Bonchev–Trinajstić information content (AvgIpc) is 2.82. The van der Waals surface area contributed by atoms with Crippen LogP contribution in [0.3, 0.4) is 0 Å². The SMILES string of the molecule is CCCC(C)(CO)COCc1ccc(Cc2ccc(COCC(C)(CO)CCC)cc2)cc1. The number of rotatable bonds is 16. The van der Waals surface area contributed by atoms with Gasteiger partial charge in [-0.1, -0.05) is 89.1 Å². The average molecular weight is 457 g/mol. The van der Waals surface area contributed by atoms with Crippen molar-refractivity contribution in [3.63, 3.8) is 0 Å². The van der Waals surface area contributed by atoms with Crippen LogP contribution in [0.5, 0.6) is 0 Å². The van der Waals surface area contributed by atoms with Gasteiger partial charge >= 0.3 is 0 Å². The lowest BCUT2D eigenvalue weighted by atomic mass is 9.88. The highest BCUT2D eigenvalue weighted by molar-refractivity contribution is 5.30. The lowest BCUT2D eigenvalue weighted by molar-refractivity contribution is 0.00417. The summed E-state index contributed by atoms with van der Waals surface area (Å²) in [6, 6.07) is 17.2. The molecule has 0 heterocycles. The molecule has 0 aliphatic heterocycles. The predicted molar refractivity (Wildman–Crippen MR) is 135 cm³/mol. The molecular formula is C29H44O4. The Morgan fingerprint density at radius 1 is 0.606 bits per heavy atom. The van der Waals surface area contributed by atoms with Crippen molar-refractivity contribution in [2.24, 2.45) is 10.8 Å². The van der Waals surface area contributed by atoms with E-state index in [1.807, 2.05) is 0 Å². The highest BCUT2D eigenvalue weighted by Gasteiger charge is 2.23. The van der Waals surface area contributed by atoms with Gasteiger partial charge in [0.15, 0.2) is 0 Å². The summed E-state index contributed by atoms with van der Waals surface area (Å²) in [5.74, 6) is 0. The molecule has 2 unspecified atom stereocenters. The molecule has 0 radical (unpaired) electrons. The van der Waals surface area contributed by atoms with E-state index in [1.54, 1.807) is 0 Å². The van der Waals surface area contributed by atoms with Crippen molar-refractivity contribution in [1.82, 2.24) is 0 Å². The van der Waals surface area contributed by atoms with Gasteiger partial charge in [-0.2, -0.15) is 0 Å². The van der Waals surface area contributed by atoms with Crippen LogP contribution in [0.2, 0.25) is 0 Å². The Kier molecular flexibility index (Phi) is 11.6. The summed E-state index contributed by atoms with van der Waals surface area (Å²) < 4.78 is 11.8. The summed E-state index contributed by atoms with van der Waals surface area (Å²) in [4.78, 5) is 0. The van der Waals surface area contributed by atoms with Gasteiger partial charge in [0.2, 0.25) is 0 Å². The molecule has 2 aromatic carbocycles. The Morgan fingerprint density at radius 2 is 0.939 bits per heavy atom. The molecule has 0 saturated carbocycles. The van der Waals surface area contributed by atoms with Gasteiger partial charge in [0.1, 0.15) is 0 Å². The molecule has 2 atom stereocenters. The van der Waals surface area contributed by atoms with Crippen LogP contribution in [0.1, 0.15) is 75.6 Å². The molecule has 184 valence electrons. The summed E-state index contributed by atoms with van der Waals surface area (Å²) in [5, 5.41) is 19.2. The normalized spacial score (nSPS) is 15.2. The van der Waals surface area contributed by atoms with Gasteiger partial charge in [-0.25, -0.2) is 0 Å². The van der Waals surface area contributed by atoms with E-state index in [-0.39, 0.29) is 24.0 Å². The Bertz CT molecular complexity index is 719. The molecule has 0 amide bonds. The van der Waals surface area contributed by atoms with Crippen molar-refractivity contribution in [3.05, 3.63) is 70.8 Å². The predicted octanol–water partition coefficient (Wildman–Crippen LogP) is 5.91. The molecule has 0 aromatic heterocycles. The number of benzene rings is 2. The maximum atomic E-state index is 9.62. The van der Waals surface area contributed by atoms with Crippen LogP contribution in [-0.2, 0) is 29.1 Å². The maximum Gasteiger partial charge on any atom is 0.0717 e. The monoisotopic (exact) mass is 456 g/mol. The van der Waals surface area contributed by atoms with Crippen LogP contribution in [0.4, 0.5) is 0 Å². The summed E-state index contributed by atoms with van der Waals surface area (Å²) in [5.41, 5.74) is 4.54. The van der Waals surface area contributed by atoms with E-state index in [0.29, 0.717) is 26.4 Å². The van der Waals surface area contributed by atoms with Gasteiger partial charge < -0.3 is 19.7 Å². The van der Waals surface area contributed by atoms with Crippen molar-refractivity contribution in [1.29, 1.82) is 0 Å².